The van der Waals surface area contributed by atoms with Crippen molar-refractivity contribution in [3.05, 3.63) is 35.9 Å². The van der Waals surface area contributed by atoms with Crippen LogP contribution >= 0.6 is 0 Å². The molecule has 1 aromatic rings. The molecule has 5 heteroatoms. The first-order chi connectivity index (χ1) is 10.1. The van der Waals surface area contributed by atoms with E-state index in [-0.39, 0.29) is 24.5 Å². The average molecular weight is 291 g/mol. The molecule has 2 unspecified atom stereocenters. The number of hydrogen-bond acceptors (Lipinski definition) is 3. The van der Waals surface area contributed by atoms with E-state index in [1.54, 1.807) is 0 Å². The van der Waals surface area contributed by atoms with Crippen molar-refractivity contribution in [3.8, 4) is 0 Å². The van der Waals surface area contributed by atoms with Crippen molar-refractivity contribution in [2.75, 3.05) is 19.7 Å². The van der Waals surface area contributed by atoms with Gasteiger partial charge in [0.15, 0.2) is 0 Å². The highest BCUT2D eigenvalue weighted by atomic mass is 16.5. The number of carboxylic acids is 1. The van der Waals surface area contributed by atoms with Crippen LogP contribution in [-0.4, -0.2) is 47.7 Å². The number of benzene rings is 1. The summed E-state index contributed by atoms with van der Waals surface area (Å²) < 4.78 is 5.41. The van der Waals surface area contributed by atoms with Gasteiger partial charge >= 0.3 is 5.97 Å². The Balaban J connectivity index is 1.91. The minimum Gasteiger partial charge on any atom is -0.480 e. The van der Waals surface area contributed by atoms with Crippen LogP contribution in [0.3, 0.4) is 0 Å². The Morgan fingerprint density at radius 1 is 1.33 bits per heavy atom. The zero-order valence-electron chi connectivity index (χ0n) is 12.2. The highest BCUT2D eigenvalue weighted by Crippen LogP contribution is 2.35. The van der Waals surface area contributed by atoms with Gasteiger partial charge < -0.3 is 14.7 Å². The van der Waals surface area contributed by atoms with Crippen LogP contribution in [0.4, 0.5) is 0 Å². The molecule has 2 atom stereocenters. The Morgan fingerprint density at radius 3 is 2.67 bits per heavy atom. The van der Waals surface area contributed by atoms with Crippen LogP contribution in [0.15, 0.2) is 30.3 Å². The van der Waals surface area contributed by atoms with Crippen molar-refractivity contribution in [1.29, 1.82) is 0 Å². The second kappa shape index (κ2) is 7.22. The third-order valence-electron chi connectivity index (χ3n) is 3.58. The summed E-state index contributed by atoms with van der Waals surface area (Å²) in [4.78, 5) is 24.7. The topological polar surface area (TPSA) is 66.8 Å². The smallest absolute Gasteiger partial charge is 0.323 e. The predicted octanol–water partition coefficient (Wildman–Crippen LogP) is 1.57. The molecule has 114 valence electrons. The second-order valence-electron chi connectivity index (χ2n) is 5.23. The van der Waals surface area contributed by atoms with E-state index < -0.39 is 5.97 Å². The van der Waals surface area contributed by atoms with E-state index in [1.807, 2.05) is 37.3 Å². The molecular weight excluding hydrogens is 270 g/mol. The Hall–Kier alpha value is -1.88. The second-order valence-corrected chi connectivity index (χ2v) is 5.23. The predicted molar refractivity (Wildman–Crippen MR) is 77.9 cm³/mol. The molecule has 1 amide bonds. The van der Waals surface area contributed by atoms with Gasteiger partial charge in [-0.05, 0) is 25.3 Å². The van der Waals surface area contributed by atoms with Crippen LogP contribution in [0, 0.1) is 5.92 Å². The summed E-state index contributed by atoms with van der Waals surface area (Å²) in [6, 6.07) is 9.75. The van der Waals surface area contributed by atoms with E-state index in [2.05, 4.69) is 0 Å². The van der Waals surface area contributed by atoms with E-state index in [0.717, 1.165) is 5.56 Å². The van der Waals surface area contributed by atoms with E-state index >= 15 is 0 Å². The lowest BCUT2D eigenvalue weighted by Gasteiger charge is -2.21. The van der Waals surface area contributed by atoms with Crippen molar-refractivity contribution in [1.82, 2.24) is 4.90 Å². The summed E-state index contributed by atoms with van der Waals surface area (Å²) in [5.41, 5.74) is 1.10. The maximum absolute atomic E-state index is 12.3. The lowest BCUT2D eigenvalue weighted by atomic mass is 10.1. The fourth-order valence-corrected chi connectivity index (χ4v) is 2.40. The standard InChI is InChI=1S/C16H21NO4/c1-2-21-14-10-13(14)16(20)17(11-15(18)19)9-8-12-6-4-3-5-7-12/h3-7,13-14H,2,8-11H2,1H3,(H,18,19). The number of amides is 1. The number of nitrogens with zero attached hydrogens (tertiary/aromatic N) is 1. The summed E-state index contributed by atoms with van der Waals surface area (Å²) in [5, 5.41) is 8.98. The van der Waals surface area contributed by atoms with Gasteiger partial charge in [0.2, 0.25) is 5.91 Å². The number of carbonyl (C=O) groups excluding carboxylic acids is 1. The van der Waals surface area contributed by atoms with Crippen LogP contribution in [0.1, 0.15) is 18.9 Å². The van der Waals surface area contributed by atoms with Crippen LogP contribution in [0.25, 0.3) is 0 Å². The van der Waals surface area contributed by atoms with Crippen LogP contribution in [0.5, 0.6) is 0 Å². The number of hydrogen-bond donors (Lipinski definition) is 1. The SMILES string of the molecule is CCOC1CC1C(=O)N(CCc1ccccc1)CC(=O)O. The number of carbonyl (C=O) groups is 2. The highest BCUT2D eigenvalue weighted by molar-refractivity contribution is 5.85. The molecule has 0 aliphatic heterocycles. The van der Waals surface area contributed by atoms with Gasteiger partial charge in [-0.25, -0.2) is 0 Å². The van der Waals surface area contributed by atoms with Crippen LogP contribution < -0.4 is 0 Å². The molecular formula is C16H21NO4. The molecule has 1 aliphatic carbocycles. The van der Waals surface area contributed by atoms with Gasteiger partial charge in [-0.3, -0.25) is 9.59 Å². The van der Waals surface area contributed by atoms with Gasteiger partial charge in [0, 0.05) is 13.2 Å². The van der Waals surface area contributed by atoms with Crippen molar-refractivity contribution in [2.24, 2.45) is 5.92 Å². The van der Waals surface area contributed by atoms with Gasteiger partial charge in [0.25, 0.3) is 0 Å². The molecule has 0 bridgehead atoms. The number of ether oxygens (including phenoxy) is 1. The molecule has 1 aromatic carbocycles. The van der Waals surface area contributed by atoms with Gasteiger partial charge in [-0.15, -0.1) is 0 Å². The van der Waals surface area contributed by atoms with Gasteiger partial charge in [-0.2, -0.15) is 0 Å². The lowest BCUT2D eigenvalue weighted by Crippen LogP contribution is -2.38. The summed E-state index contributed by atoms with van der Waals surface area (Å²) in [7, 11) is 0. The molecule has 0 heterocycles. The molecule has 0 spiro atoms. The largest absolute Gasteiger partial charge is 0.480 e. The number of carboxylic acid groups (broad SMARTS) is 1. The first-order valence-electron chi connectivity index (χ1n) is 7.28. The molecule has 1 saturated carbocycles. The van der Waals surface area contributed by atoms with Crippen molar-refractivity contribution in [3.63, 3.8) is 0 Å². The molecule has 0 saturated heterocycles. The molecule has 0 radical (unpaired) electrons. The van der Waals surface area contributed by atoms with Gasteiger partial charge in [0.05, 0.1) is 12.0 Å². The van der Waals surface area contributed by atoms with E-state index in [9.17, 15) is 9.59 Å². The van der Waals surface area contributed by atoms with Gasteiger partial charge in [0.1, 0.15) is 6.54 Å². The maximum Gasteiger partial charge on any atom is 0.323 e. The van der Waals surface area contributed by atoms with Crippen molar-refractivity contribution < 1.29 is 19.4 Å². The number of aliphatic carboxylic acids is 1. The van der Waals surface area contributed by atoms with E-state index in [0.29, 0.717) is 26.0 Å². The van der Waals surface area contributed by atoms with Gasteiger partial charge in [-0.1, -0.05) is 30.3 Å². The highest BCUT2D eigenvalue weighted by Gasteiger charge is 2.46. The monoisotopic (exact) mass is 291 g/mol. The van der Waals surface area contributed by atoms with Crippen LogP contribution in [0.2, 0.25) is 0 Å². The fraction of sp³-hybridized carbons (Fsp3) is 0.500. The normalized spacial score (nSPS) is 20.0. The molecule has 0 aromatic heterocycles. The average Bonchev–Trinajstić information content (AvgIpc) is 3.23. The summed E-state index contributed by atoms with van der Waals surface area (Å²) in [5.74, 6) is -1.25. The van der Waals surface area contributed by atoms with E-state index in [1.165, 1.54) is 4.90 Å². The number of rotatable bonds is 8. The first-order valence-corrected chi connectivity index (χ1v) is 7.28. The lowest BCUT2D eigenvalue weighted by molar-refractivity contribution is -0.145. The third kappa shape index (κ3) is 4.56. The summed E-state index contributed by atoms with van der Waals surface area (Å²) in [6.07, 6.45) is 1.33. The minimum atomic E-state index is -0.981. The van der Waals surface area contributed by atoms with Crippen LogP contribution in [-0.2, 0) is 20.7 Å². The molecule has 1 N–H and O–H groups in total. The maximum atomic E-state index is 12.3. The Kier molecular flexibility index (Phi) is 5.33. The minimum absolute atomic E-state index is 0.0319. The molecule has 1 fully saturated rings. The molecule has 21 heavy (non-hydrogen) atoms. The van der Waals surface area contributed by atoms with Crippen molar-refractivity contribution >= 4 is 11.9 Å². The molecule has 5 nitrogen and oxygen atoms in total. The fourth-order valence-electron chi connectivity index (χ4n) is 2.40. The Morgan fingerprint density at radius 2 is 2.05 bits per heavy atom. The summed E-state index contributed by atoms with van der Waals surface area (Å²) >= 11 is 0. The van der Waals surface area contributed by atoms with E-state index in [4.69, 9.17) is 9.84 Å². The quantitative estimate of drug-likeness (QED) is 0.789. The Labute approximate surface area is 124 Å². The first kappa shape index (κ1) is 15.5. The zero-order valence-corrected chi connectivity index (χ0v) is 12.2. The zero-order chi connectivity index (χ0) is 15.2. The summed E-state index contributed by atoms with van der Waals surface area (Å²) in [6.45, 7) is 2.65. The Bertz CT molecular complexity index is 488. The molecule has 1 aliphatic rings. The third-order valence-corrected chi connectivity index (χ3v) is 3.58. The molecule has 2 rings (SSSR count). The van der Waals surface area contributed by atoms with Crippen molar-refractivity contribution in [2.45, 2.75) is 25.9 Å².